The summed E-state index contributed by atoms with van der Waals surface area (Å²) in [6.45, 7) is 0.0211. The van der Waals surface area contributed by atoms with Crippen molar-refractivity contribution in [2.45, 2.75) is 26.9 Å². The molecule has 0 aliphatic carbocycles. The summed E-state index contributed by atoms with van der Waals surface area (Å²) in [5.41, 5.74) is -0.0657. The monoisotopic (exact) mass is 217 g/mol. The van der Waals surface area contributed by atoms with Gasteiger partial charge in [0.15, 0.2) is 0 Å². The minimum Gasteiger partial charge on any atom is -0.494 e. The van der Waals surface area contributed by atoms with Gasteiger partial charge in [-0.3, -0.25) is 0 Å². The van der Waals surface area contributed by atoms with Gasteiger partial charge >= 0.3 is 6.98 Å². The highest BCUT2D eigenvalue weighted by atomic mass is 19.4. The fourth-order valence-electron chi connectivity index (χ4n) is 1.28. The lowest BCUT2D eigenvalue weighted by molar-refractivity contribution is 0.243. The van der Waals surface area contributed by atoms with Crippen LogP contribution in [0.15, 0.2) is 18.2 Å². The van der Waals surface area contributed by atoms with Crippen LogP contribution in [0.1, 0.15) is 19.4 Å². The third-order valence-electron chi connectivity index (χ3n) is 1.88. The molecule has 0 fully saturated rings. The van der Waals surface area contributed by atoms with Gasteiger partial charge < -0.3 is 17.7 Å². The van der Waals surface area contributed by atoms with Crippen LogP contribution in [-0.4, -0.2) is 13.1 Å². The van der Waals surface area contributed by atoms with Crippen molar-refractivity contribution in [3.63, 3.8) is 0 Å². The van der Waals surface area contributed by atoms with Crippen LogP contribution in [0.3, 0.4) is 0 Å². The molecule has 5 heteroatoms. The van der Waals surface area contributed by atoms with Crippen molar-refractivity contribution in [3.8, 4) is 5.75 Å². The number of benzene rings is 1. The number of aryl methyl sites for hydroxylation is 1. The summed E-state index contributed by atoms with van der Waals surface area (Å²) in [5, 5.41) is 0. The fraction of sp³-hybridized carbons (Fsp3) is 0.400. The van der Waals surface area contributed by atoms with E-state index in [4.69, 9.17) is 4.74 Å². The summed E-state index contributed by atoms with van der Waals surface area (Å²) < 4.78 is 43.1. The lowest BCUT2D eigenvalue weighted by atomic mass is 9.78. The molecule has 0 amide bonds. The van der Waals surface area contributed by atoms with E-state index in [2.05, 4.69) is 0 Å². The Morgan fingerprint density at radius 1 is 1.20 bits per heavy atom. The molecule has 0 heterocycles. The van der Waals surface area contributed by atoms with Crippen LogP contribution < -0.4 is 10.2 Å². The van der Waals surface area contributed by atoms with Gasteiger partial charge in [-0.25, -0.2) is 0 Å². The Labute approximate surface area is 87.3 Å². The number of rotatable bonds is 3. The molecule has 0 atom stereocenters. The second-order valence-electron chi connectivity index (χ2n) is 3.78. The van der Waals surface area contributed by atoms with Gasteiger partial charge in [-0.2, -0.15) is 0 Å². The zero-order chi connectivity index (χ0) is 11.6. The average molecular weight is 217 g/mol. The Morgan fingerprint density at radius 3 is 2.27 bits per heavy atom. The van der Waals surface area contributed by atoms with E-state index >= 15 is 0 Å². The highest BCUT2D eigenvalue weighted by Gasteiger charge is 2.29. The second-order valence-corrected chi connectivity index (χ2v) is 3.78. The maximum Gasteiger partial charge on any atom is 0.513 e. The third-order valence-corrected chi connectivity index (χ3v) is 1.88. The molecular formula is C10H13BF3O-. The van der Waals surface area contributed by atoms with Crippen LogP contribution in [0.5, 0.6) is 5.75 Å². The second kappa shape index (κ2) is 4.17. The molecule has 0 spiro atoms. The van der Waals surface area contributed by atoms with Crippen molar-refractivity contribution >= 4 is 12.4 Å². The molecule has 1 nitrogen and oxygen atoms in total. The molecule has 0 unspecified atom stereocenters. The van der Waals surface area contributed by atoms with Crippen LogP contribution in [0.2, 0.25) is 0 Å². The Kier molecular flexibility index (Phi) is 3.32. The summed E-state index contributed by atoms with van der Waals surface area (Å²) in [4.78, 5) is 0. The Bertz CT molecular complexity index is 347. The smallest absolute Gasteiger partial charge is 0.494 e. The molecular weight excluding hydrogens is 204 g/mol. The van der Waals surface area contributed by atoms with Gasteiger partial charge in [-0.15, -0.1) is 0 Å². The zero-order valence-corrected chi connectivity index (χ0v) is 8.93. The van der Waals surface area contributed by atoms with Crippen molar-refractivity contribution in [1.82, 2.24) is 0 Å². The Balaban J connectivity index is 3.15. The van der Waals surface area contributed by atoms with E-state index in [9.17, 15) is 12.9 Å². The molecule has 0 aliphatic rings. The maximum absolute atomic E-state index is 12.7. The minimum absolute atomic E-state index is 0.0805. The molecule has 15 heavy (non-hydrogen) atoms. The van der Waals surface area contributed by atoms with Crippen molar-refractivity contribution < 1.29 is 17.7 Å². The molecule has 0 saturated heterocycles. The number of hydrogen-bond acceptors (Lipinski definition) is 1. The van der Waals surface area contributed by atoms with Crippen LogP contribution in [0.25, 0.3) is 0 Å². The van der Waals surface area contributed by atoms with Gasteiger partial charge in [0.2, 0.25) is 0 Å². The van der Waals surface area contributed by atoms with Gasteiger partial charge in [0, 0.05) is 0 Å². The number of hydrogen-bond donors (Lipinski definition) is 0. The van der Waals surface area contributed by atoms with Gasteiger partial charge in [-0.1, -0.05) is 23.2 Å². The fourth-order valence-corrected chi connectivity index (χ4v) is 1.28. The third kappa shape index (κ3) is 3.18. The topological polar surface area (TPSA) is 9.23 Å². The van der Waals surface area contributed by atoms with Gasteiger partial charge in [0.25, 0.3) is 0 Å². The minimum atomic E-state index is -5.01. The normalized spacial score (nSPS) is 11.9. The summed E-state index contributed by atoms with van der Waals surface area (Å²) in [5.74, 6) is -0.0805. The molecule has 84 valence electrons. The lowest BCUT2D eigenvalue weighted by Crippen LogP contribution is -2.36. The molecule has 1 rings (SSSR count). The lowest BCUT2D eigenvalue weighted by Gasteiger charge is -2.21. The predicted molar refractivity (Wildman–Crippen MR) is 55.7 cm³/mol. The molecule has 1 aromatic rings. The van der Waals surface area contributed by atoms with E-state index in [1.165, 1.54) is 6.07 Å². The Morgan fingerprint density at radius 2 is 1.80 bits per heavy atom. The van der Waals surface area contributed by atoms with Gasteiger partial charge in [-0.05, 0) is 26.8 Å². The van der Waals surface area contributed by atoms with E-state index < -0.39 is 12.4 Å². The van der Waals surface area contributed by atoms with Crippen molar-refractivity contribution in [2.75, 3.05) is 0 Å². The highest BCUT2D eigenvalue weighted by Crippen LogP contribution is 2.19. The first-order chi connectivity index (χ1) is 6.80. The SMILES string of the molecule is Cc1ccc(OC(C)C)c([B-](F)(F)F)c1. The molecule has 0 N–H and O–H groups in total. The molecule has 0 saturated carbocycles. The van der Waals surface area contributed by atoms with E-state index in [1.807, 2.05) is 0 Å². The Hall–Kier alpha value is -1.13. The van der Waals surface area contributed by atoms with Crippen LogP contribution in [0, 0.1) is 6.92 Å². The standard InChI is InChI=1S/C10H13BF3O/c1-7(2)15-10-5-4-8(3)6-9(10)11(12,13)14/h4-7H,1-3H3/q-1. The summed E-state index contributed by atoms with van der Waals surface area (Å²) in [6.07, 6.45) is -0.260. The zero-order valence-electron chi connectivity index (χ0n) is 8.93. The van der Waals surface area contributed by atoms with Crippen LogP contribution in [0.4, 0.5) is 12.9 Å². The van der Waals surface area contributed by atoms with Crippen molar-refractivity contribution in [3.05, 3.63) is 23.8 Å². The van der Waals surface area contributed by atoms with E-state index in [-0.39, 0.29) is 11.9 Å². The first-order valence-electron chi connectivity index (χ1n) is 4.78. The summed E-state index contributed by atoms with van der Waals surface area (Å²) in [7, 11) is 0. The van der Waals surface area contributed by atoms with Gasteiger partial charge in [0.1, 0.15) is 0 Å². The van der Waals surface area contributed by atoms with Crippen molar-refractivity contribution in [1.29, 1.82) is 0 Å². The predicted octanol–water partition coefficient (Wildman–Crippen LogP) is 2.84. The molecule has 1 aromatic carbocycles. The van der Waals surface area contributed by atoms with Gasteiger partial charge in [0.05, 0.1) is 11.9 Å². The van der Waals surface area contributed by atoms with Crippen LogP contribution in [-0.2, 0) is 0 Å². The van der Waals surface area contributed by atoms with E-state index in [0.29, 0.717) is 5.56 Å². The average Bonchev–Trinajstić information content (AvgIpc) is 2.05. The van der Waals surface area contributed by atoms with E-state index in [1.54, 1.807) is 26.8 Å². The highest BCUT2D eigenvalue weighted by molar-refractivity contribution is 6.74. The first-order valence-corrected chi connectivity index (χ1v) is 4.78. The molecule has 0 aliphatic heterocycles. The summed E-state index contributed by atoms with van der Waals surface area (Å²) in [6, 6.07) is 4.11. The summed E-state index contributed by atoms with van der Waals surface area (Å²) >= 11 is 0. The molecule has 0 aromatic heterocycles. The van der Waals surface area contributed by atoms with E-state index in [0.717, 1.165) is 6.07 Å². The molecule has 0 bridgehead atoms. The van der Waals surface area contributed by atoms with Crippen LogP contribution >= 0.6 is 0 Å². The first kappa shape index (κ1) is 11.9. The number of halogens is 3. The number of ether oxygens (including phenoxy) is 1. The molecule has 0 radical (unpaired) electrons. The largest absolute Gasteiger partial charge is 0.513 e. The quantitative estimate of drug-likeness (QED) is 0.707. The maximum atomic E-state index is 12.7. The van der Waals surface area contributed by atoms with Crippen molar-refractivity contribution in [2.24, 2.45) is 0 Å².